The van der Waals surface area contributed by atoms with Crippen molar-refractivity contribution in [2.45, 2.75) is 24.3 Å². The summed E-state index contributed by atoms with van der Waals surface area (Å²) in [5, 5.41) is 1.06. The van der Waals surface area contributed by atoms with Gasteiger partial charge in [0.15, 0.2) is 0 Å². The summed E-state index contributed by atoms with van der Waals surface area (Å²) in [5.41, 5.74) is 5.38. The zero-order chi connectivity index (χ0) is 12.1. The van der Waals surface area contributed by atoms with Crippen LogP contribution in [-0.4, -0.2) is 14.0 Å². The third-order valence-corrected chi connectivity index (χ3v) is 4.02. The van der Waals surface area contributed by atoms with Crippen LogP contribution < -0.4 is 5.73 Å². The summed E-state index contributed by atoms with van der Waals surface area (Å²) in [4.78, 5) is 0.000949. The van der Waals surface area contributed by atoms with Gasteiger partial charge in [0.25, 0.3) is 0 Å². The number of halogens is 1. The molecule has 5 heteroatoms. The van der Waals surface area contributed by atoms with Crippen molar-refractivity contribution < 1.29 is 12.8 Å². The normalized spacial score (nSPS) is 18.1. The van der Waals surface area contributed by atoms with Crippen molar-refractivity contribution in [3.8, 4) is 0 Å². The molecule has 1 aliphatic rings. The van der Waals surface area contributed by atoms with E-state index in [1.807, 2.05) is 0 Å². The fourth-order valence-electron chi connectivity index (χ4n) is 1.75. The molecule has 2 rings (SSSR count). The van der Waals surface area contributed by atoms with Gasteiger partial charge in [-0.1, -0.05) is 6.07 Å². The lowest BCUT2D eigenvalue weighted by Crippen LogP contribution is -2.33. The van der Waals surface area contributed by atoms with Gasteiger partial charge >= 0.3 is 0 Å². The molecular weight excluding hydrogens is 229 g/mol. The minimum atomic E-state index is -3.54. The molecule has 0 radical (unpaired) electrons. The van der Waals surface area contributed by atoms with E-state index in [-0.39, 0.29) is 10.5 Å². The number of hydrogen-bond donors (Lipinski definition) is 1. The van der Waals surface area contributed by atoms with Gasteiger partial charge in [-0.2, -0.15) is 0 Å². The lowest BCUT2D eigenvalue weighted by atomic mass is 9.90. The number of rotatable bonds is 1. The SMILES string of the molecule is CC(C)(N)C1=CS(=O)(=O)c2cccc(F)c21. The molecule has 1 aromatic carbocycles. The predicted octanol–water partition coefficient (Wildman–Crippen LogP) is 1.69. The maximum absolute atomic E-state index is 13.7. The van der Waals surface area contributed by atoms with E-state index in [1.165, 1.54) is 18.2 Å². The van der Waals surface area contributed by atoms with Crippen molar-refractivity contribution in [2.75, 3.05) is 0 Å². The highest BCUT2D eigenvalue weighted by Crippen LogP contribution is 2.39. The lowest BCUT2D eigenvalue weighted by molar-refractivity contribution is 0.596. The van der Waals surface area contributed by atoms with Crippen molar-refractivity contribution in [3.63, 3.8) is 0 Å². The summed E-state index contributed by atoms with van der Waals surface area (Å²) in [7, 11) is -3.54. The molecule has 0 saturated heterocycles. The summed E-state index contributed by atoms with van der Waals surface area (Å²) in [6, 6.07) is 4.01. The van der Waals surface area contributed by atoms with Crippen molar-refractivity contribution in [1.82, 2.24) is 0 Å². The molecule has 1 heterocycles. The van der Waals surface area contributed by atoms with Crippen LogP contribution in [0.3, 0.4) is 0 Å². The first-order chi connectivity index (χ1) is 7.23. The summed E-state index contributed by atoms with van der Waals surface area (Å²) in [6.07, 6.45) is 0. The number of fused-ring (bicyclic) bond motifs is 1. The Morgan fingerprint density at radius 2 is 1.94 bits per heavy atom. The van der Waals surface area contributed by atoms with Crippen LogP contribution in [0.4, 0.5) is 4.39 Å². The van der Waals surface area contributed by atoms with Gasteiger partial charge in [0.05, 0.1) is 4.90 Å². The van der Waals surface area contributed by atoms with Crippen LogP contribution in [0.15, 0.2) is 28.5 Å². The molecule has 86 valence electrons. The fraction of sp³-hybridized carbons (Fsp3) is 0.273. The first-order valence-electron chi connectivity index (χ1n) is 4.78. The molecule has 3 nitrogen and oxygen atoms in total. The fourth-order valence-corrected chi connectivity index (χ4v) is 3.37. The average Bonchev–Trinajstić information content (AvgIpc) is 2.39. The monoisotopic (exact) mass is 241 g/mol. The van der Waals surface area contributed by atoms with Gasteiger partial charge < -0.3 is 5.73 Å². The number of sulfone groups is 1. The molecule has 0 fully saturated rings. The lowest BCUT2D eigenvalue weighted by Gasteiger charge is -2.20. The zero-order valence-electron chi connectivity index (χ0n) is 8.99. The van der Waals surface area contributed by atoms with Gasteiger partial charge in [0.2, 0.25) is 9.84 Å². The van der Waals surface area contributed by atoms with E-state index in [0.717, 1.165) is 5.41 Å². The van der Waals surface area contributed by atoms with Crippen molar-refractivity contribution in [2.24, 2.45) is 5.73 Å². The second-order valence-electron chi connectivity index (χ2n) is 4.41. The van der Waals surface area contributed by atoms with Crippen LogP contribution in [-0.2, 0) is 9.84 Å². The maximum atomic E-state index is 13.7. The average molecular weight is 241 g/mol. The molecule has 0 aliphatic carbocycles. The van der Waals surface area contributed by atoms with Gasteiger partial charge in [0, 0.05) is 16.5 Å². The van der Waals surface area contributed by atoms with E-state index < -0.39 is 21.2 Å². The minimum absolute atomic E-state index is 0.000949. The second-order valence-corrected chi connectivity index (χ2v) is 6.18. The number of nitrogens with two attached hydrogens (primary N) is 1. The van der Waals surface area contributed by atoms with Gasteiger partial charge in [0.1, 0.15) is 5.82 Å². The molecule has 0 amide bonds. The number of benzene rings is 1. The van der Waals surface area contributed by atoms with E-state index in [2.05, 4.69) is 0 Å². The standard InChI is InChI=1S/C11H12FNO2S/c1-11(2,13)7-6-16(14,15)9-5-3-4-8(12)10(7)9/h3-6H,13H2,1-2H3. The summed E-state index contributed by atoms with van der Waals surface area (Å²) in [6.45, 7) is 3.30. The van der Waals surface area contributed by atoms with Crippen molar-refractivity contribution >= 4 is 15.4 Å². The highest BCUT2D eigenvalue weighted by atomic mass is 32.2. The quantitative estimate of drug-likeness (QED) is 0.814. The Hall–Kier alpha value is -1.20. The minimum Gasteiger partial charge on any atom is -0.322 e. The van der Waals surface area contributed by atoms with E-state index in [9.17, 15) is 12.8 Å². The Labute approximate surface area is 93.7 Å². The number of hydrogen-bond acceptors (Lipinski definition) is 3. The first kappa shape index (κ1) is 11.3. The Balaban J connectivity index is 2.82. The molecule has 0 unspecified atom stereocenters. The zero-order valence-corrected chi connectivity index (χ0v) is 9.81. The molecule has 1 aliphatic heterocycles. The summed E-state index contributed by atoms with van der Waals surface area (Å²) in [5.74, 6) is -0.552. The van der Waals surface area contributed by atoms with Crippen LogP contribution in [0.2, 0.25) is 0 Å². The topological polar surface area (TPSA) is 60.2 Å². The molecule has 2 N–H and O–H groups in total. The Morgan fingerprint density at radius 3 is 2.50 bits per heavy atom. The molecule has 0 atom stereocenters. The maximum Gasteiger partial charge on any atom is 0.200 e. The summed E-state index contributed by atoms with van der Waals surface area (Å²) >= 11 is 0. The molecular formula is C11H12FNO2S. The van der Waals surface area contributed by atoms with Gasteiger partial charge in [-0.05, 0) is 31.6 Å². The van der Waals surface area contributed by atoms with Crippen LogP contribution >= 0.6 is 0 Å². The van der Waals surface area contributed by atoms with Crippen LogP contribution in [0.25, 0.3) is 5.57 Å². The van der Waals surface area contributed by atoms with E-state index in [1.54, 1.807) is 13.8 Å². The smallest absolute Gasteiger partial charge is 0.200 e. The highest BCUT2D eigenvalue weighted by Gasteiger charge is 2.35. The molecule has 16 heavy (non-hydrogen) atoms. The van der Waals surface area contributed by atoms with Gasteiger partial charge in [-0.3, -0.25) is 0 Å². The van der Waals surface area contributed by atoms with Gasteiger partial charge in [-0.15, -0.1) is 0 Å². The largest absolute Gasteiger partial charge is 0.322 e. The van der Waals surface area contributed by atoms with Crippen molar-refractivity contribution in [1.29, 1.82) is 0 Å². The van der Waals surface area contributed by atoms with E-state index in [0.29, 0.717) is 5.57 Å². The molecule has 0 bridgehead atoms. The molecule has 0 spiro atoms. The Kier molecular flexibility index (Phi) is 2.22. The summed E-state index contributed by atoms with van der Waals surface area (Å²) < 4.78 is 37.2. The Bertz CT molecular complexity index is 582. The Morgan fingerprint density at radius 1 is 1.31 bits per heavy atom. The van der Waals surface area contributed by atoms with Crippen LogP contribution in [0, 0.1) is 5.82 Å². The third kappa shape index (κ3) is 1.56. The van der Waals surface area contributed by atoms with Crippen LogP contribution in [0.1, 0.15) is 19.4 Å². The first-order valence-corrected chi connectivity index (χ1v) is 6.33. The second kappa shape index (κ2) is 3.15. The molecule has 1 aromatic rings. The predicted molar refractivity (Wildman–Crippen MR) is 59.8 cm³/mol. The van der Waals surface area contributed by atoms with E-state index >= 15 is 0 Å². The molecule has 0 aromatic heterocycles. The third-order valence-electron chi connectivity index (χ3n) is 2.52. The van der Waals surface area contributed by atoms with Gasteiger partial charge in [-0.25, -0.2) is 12.8 Å². The van der Waals surface area contributed by atoms with Crippen molar-refractivity contribution in [3.05, 3.63) is 35.0 Å². The highest BCUT2D eigenvalue weighted by molar-refractivity contribution is 7.95. The van der Waals surface area contributed by atoms with Crippen LogP contribution in [0.5, 0.6) is 0 Å². The van der Waals surface area contributed by atoms with E-state index in [4.69, 9.17) is 5.73 Å². The molecule has 0 saturated carbocycles.